The minimum absolute atomic E-state index is 0.0144. The van der Waals surface area contributed by atoms with E-state index in [-0.39, 0.29) is 41.3 Å². The minimum Gasteiger partial charge on any atom is -0.393 e. The van der Waals surface area contributed by atoms with Gasteiger partial charge in [0, 0.05) is 30.3 Å². The van der Waals surface area contributed by atoms with E-state index in [1.54, 1.807) is 19.3 Å². The van der Waals surface area contributed by atoms with Gasteiger partial charge >= 0.3 is 0 Å². The predicted molar refractivity (Wildman–Crippen MR) is 122 cm³/mol. The van der Waals surface area contributed by atoms with Crippen molar-refractivity contribution in [2.24, 2.45) is 28.6 Å². The fourth-order valence-corrected chi connectivity index (χ4v) is 8.30. The summed E-state index contributed by atoms with van der Waals surface area (Å²) in [4.78, 5) is 25.5. The summed E-state index contributed by atoms with van der Waals surface area (Å²) < 4.78 is 18.3. The molecule has 33 heavy (non-hydrogen) atoms. The van der Waals surface area contributed by atoms with E-state index in [1.165, 1.54) is 0 Å². The first-order valence-corrected chi connectivity index (χ1v) is 12.7. The SMILES string of the molecule is CCCCC1(OC)OCC(=O)[C@]2(CC[C@H]3[C@@H]4CCC5=CC(=O)C=C[C@]5(C)[C@H]4[C@@H](O)C[C@@]32C)O1. The number of ether oxygens (including phenoxy) is 3. The van der Waals surface area contributed by atoms with Gasteiger partial charge < -0.3 is 19.3 Å². The highest BCUT2D eigenvalue weighted by Gasteiger charge is 2.71. The van der Waals surface area contributed by atoms with Gasteiger partial charge in [-0.25, -0.2) is 0 Å². The van der Waals surface area contributed by atoms with Gasteiger partial charge in [0.15, 0.2) is 11.6 Å². The molecule has 5 aliphatic rings. The third kappa shape index (κ3) is 3.13. The normalized spacial score (nSPS) is 48.9. The van der Waals surface area contributed by atoms with Gasteiger partial charge in [-0.15, -0.1) is 0 Å². The van der Waals surface area contributed by atoms with E-state index in [0.29, 0.717) is 19.3 Å². The quantitative estimate of drug-likeness (QED) is 0.683. The number of carbonyl (C=O) groups excluding carboxylic acids is 2. The molecule has 0 aromatic rings. The molecular weight excluding hydrogens is 420 g/mol. The second kappa shape index (κ2) is 7.84. The third-order valence-corrected chi connectivity index (χ3v) is 9.97. The van der Waals surface area contributed by atoms with E-state index in [4.69, 9.17) is 14.2 Å². The Balaban J connectivity index is 1.51. The van der Waals surface area contributed by atoms with Crippen molar-refractivity contribution in [2.75, 3.05) is 13.7 Å². The fraction of sp³-hybridized carbons (Fsp3) is 0.778. The van der Waals surface area contributed by atoms with Gasteiger partial charge in [0.1, 0.15) is 12.2 Å². The lowest BCUT2D eigenvalue weighted by Gasteiger charge is -2.61. The Morgan fingerprint density at radius 2 is 2.03 bits per heavy atom. The van der Waals surface area contributed by atoms with Crippen LogP contribution in [0, 0.1) is 28.6 Å². The van der Waals surface area contributed by atoms with Gasteiger partial charge in [-0.3, -0.25) is 9.59 Å². The Kier molecular flexibility index (Phi) is 5.56. The minimum atomic E-state index is -1.20. The Hall–Kier alpha value is -1.34. The molecule has 182 valence electrons. The van der Waals surface area contributed by atoms with Crippen molar-refractivity contribution in [1.29, 1.82) is 0 Å². The van der Waals surface area contributed by atoms with Gasteiger partial charge in [-0.1, -0.05) is 38.8 Å². The number of carbonyl (C=O) groups is 2. The smallest absolute Gasteiger partial charge is 0.284 e. The van der Waals surface area contributed by atoms with Gasteiger partial charge in [0.05, 0.1) is 6.10 Å². The number of ketones is 2. The maximum absolute atomic E-state index is 13.5. The molecule has 5 rings (SSSR count). The lowest BCUT2D eigenvalue weighted by atomic mass is 9.46. The zero-order valence-electron chi connectivity index (χ0n) is 20.4. The molecule has 1 aliphatic heterocycles. The van der Waals surface area contributed by atoms with Crippen molar-refractivity contribution in [2.45, 2.75) is 89.8 Å². The average Bonchev–Trinajstić information content (AvgIpc) is 3.07. The number of rotatable bonds is 4. The molecule has 1 N–H and O–H groups in total. The molecule has 0 bridgehead atoms. The van der Waals surface area contributed by atoms with Crippen LogP contribution in [0.25, 0.3) is 0 Å². The van der Waals surface area contributed by atoms with Crippen molar-refractivity contribution in [3.8, 4) is 0 Å². The fourth-order valence-electron chi connectivity index (χ4n) is 8.30. The molecule has 1 unspecified atom stereocenters. The molecule has 3 saturated carbocycles. The number of methoxy groups -OCH3 is 1. The molecule has 0 amide bonds. The zero-order chi connectivity index (χ0) is 23.6. The first-order chi connectivity index (χ1) is 15.6. The van der Waals surface area contributed by atoms with Gasteiger partial charge in [-0.2, -0.15) is 0 Å². The molecule has 6 heteroatoms. The highest BCUT2D eigenvalue weighted by atomic mass is 16.9. The third-order valence-electron chi connectivity index (χ3n) is 9.97. The number of allylic oxidation sites excluding steroid dienone is 4. The topological polar surface area (TPSA) is 82.1 Å². The second-order valence-electron chi connectivity index (χ2n) is 11.4. The molecule has 6 nitrogen and oxygen atoms in total. The van der Waals surface area contributed by atoms with Crippen LogP contribution in [0.5, 0.6) is 0 Å². The summed E-state index contributed by atoms with van der Waals surface area (Å²) >= 11 is 0. The number of fused-ring (bicyclic) bond motifs is 6. The lowest BCUT2D eigenvalue weighted by molar-refractivity contribution is -0.426. The van der Waals surface area contributed by atoms with Crippen LogP contribution in [0.1, 0.15) is 72.1 Å². The zero-order valence-corrected chi connectivity index (χ0v) is 20.4. The van der Waals surface area contributed by atoms with E-state index in [2.05, 4.69) is 20.8 Å². The molecule has 0 aromatic carbocycles. The van der Waals surface area contributed by atoms with E-state index < -0.39 is 23.1 Å². The van der Waals surface area contributed by atoms with Crippen molar-refractivity contribution in [1.82, 2.24) is 0 Å². The number of unbranched alkanes of at least 4 members (excludes halogenated alkanes) is 1. The van der Waals surface area contributed by atoms with Gasteiger partial charge in [0.25, 0.3) is 5.97 Å². The summed E-state index contributed by atoms with van der Waals surface area (Å²) in [6, 6.07) is 0. The Labute approximate surface area is 196 Å². The summed E-state index contributed by atoms with van der Waals surface area (Å²) in [5.74, 6) is -0.613. The summed E-state index contributed by atoms with van der Waals surface area (Å²) in [6.45, 7) is 6.42. The predicted octanol–water partition coefficient (Wildman–Crippen LogP) is 4.11. The highest BCUT2D eigenvalue weighted by Crippen LogP contribution is 2.68. The van der Waals surface area contributed by atoms with Crippen LogP contribution in [0.15, 0.2) is 23.8 Å². The maximum atomic E-state index is 13.5. The van der Waals surface area contributed by atoms with Gasteiger partial charge in [0.2, 0.25) is 0 Å². The summed E-state index contributed by atoms with van der Waals surface area (Å²) in [5.41, 5.74) is -0.661. The number of Topliss-reactive ketones (excluding diaryl/α,β-unsaturated/α-hetero) is 1. The molecule has 4 fully saturated rings. The number of aliphatic hydroxyl groups is 1. The van der Waals surface area contributed by atoms with Crippen LogP contribution in [-0.2, 0) is 23.8 Å². The maximum Gasteiger partial charge on any atom is 0.284 e. The van der Waals surface area contributed by atoms with Crippen LogP contribution < -0.4 is 0 Å². The number of aliphatic hydroxyl groups excluding tert-OH is 1. The second-order valence-corrected chi connectivity index (χ2v) is 11.4. The summed E-state index contributed by atoms with van der Waals surface area (Å²) in [7, 11) is 1.59. The van der Waals surface area contributed by atoms with E-state index >= 15 is 0 Å². The van der Waals surface area contributed by atoms with Gasteiger partial charge in [-0.05, 0) is 62.5 Å². The molecule has 1 heterocycles. The van der Waals surface area contributed by atoms with E-state index in [9.17, 15) is 14.7 Å². The van der Waals surface area contributed by atoms with Crippen molar-refractivity contribution >= 4 is 11.6 Å². The van der Waals surface area contributed by atoms with Crippen molar-refractivity contribution < 1.29 is 28.9 Å². The largest absolute Gasteiger partial charge is 0.393 e. The average molecular weight is 459 g/mol. The van der Waals surface area contributed by atoms with Crippen LogP contribution in [-0.4, -0.2) is 48.1 Å². The highest BCUT2D eigenvalue weighted by molar-refractivity contribution is 6.01. The molecule has 0 aromatic heterocycles. The van der Waals surface area contributed by atoms with E-state index in [0.717, 1.165) is 37.7 Å². The summed E-state index contributed by atoms with van der Waals surface area (Å²) in [6.07, 6.45) is 11.1. The summed E-state index contributed by atoms with van der Waals surface area (Å²) in [5, 5.41) is 11.6. The first-order valence-electron chi connectivity index (χ1n) is 12.7. The number of hydrogen-bond acceptors (Lipinski definition) is 6. The standard InChI is InChI=1S/C27H38O6/c1-5-6-11-27(31-4)32-16-22(30)26(33-27)13-10-20-19-8-7-17-14-18(28)9-12-24(17,2)23(19)21(29)15-25(20,26)3/h9,12,14,19-21,23,29H,5-8,10-11,13,15-16H2,1-4H3/t19-,20-,21-,23+,24-,25-,26-,27?/m0/s1. The monoisotopic (exact) mass is 458 g/mol. The lowest BCUT2D eigenvalue weighted by Crippen LogP contribution is -2.67. The molecule has 1 spiro atoms. The van der Waals surface area contributed by atoms with Crippen molar-refractivity contribution in [3.63, 3.8) is 0 Å². The van der Waals surface area contributed by atoms with Crippen LogP contribution in [0.4, 0.5) is 0 Å². The number of hydrogen-bond donors (Lipinski definition) is 1. The van der Waals surface area contributed by atoms with Crippen LogP contribution >= 0.6 is 0 Å². The van der Waals surface area contributed by atoms with Crippen LogP contribution in [0.3, 0.4) is 0 Å². The molecular formula is C27H38O6. The molecule has 1 saturated heterocycles. The molecule has 0 radical (unpaired) electrons. The van der Waals surface area contributed by atoms with Crippen molar-refractivity contribution in [3.05, 3.63) is 23.8 Å². The molecule has 8 atom stereocenters. The van der Waals surface area contributed by atoms with E-state index in [1.807, 2.05) is 6.08 Å². The van der Waals surface area contributed by atoms with Crippen LogP contribution in [0.2, 0.25) is 0 Å². The Morgan fingerprint density at radius 1 is 1.24 bits per heavy atom. The Morgan fingerprint density at radius 3 is 2.76 bits per heavy atom. The first kappa shape index (κ1) is 23.4. The molecule has 4 aliphatic carbocycles. The Bertz CT molecular complexity index is 908.